The Kier molecular flexibility index (Phi) is 7.44. The molecule has 0 fully saturated rings. The molecule has 0 aliphatic carbocycles. The first kappa shape index (κ1) is 21.1. The molecule has 4 rings (SSSR count). The van der Waals surface area contributed by atoms with E-state index in [1.165, 1.54) is 33.4 Å². The van der Waals surface area contributed by atoms with Crippen molar-refractivity contribution in [3.8, 4) is 0 Å². The molecule has 0 amide bonds. The molecule has 0 heteroatoms. The molecule has 4 aromatic carbocycles. The van der Waals surface area contributed by atoms with Gasteiger partial charge in [-0.15, -0.1) is 0 Å². The van der Waals surface area contributed by atoms with E-state index in [-0.39, 0.29) is 0 Å². The summed E-state index contributed by atoms with van der Waals surface area (Å²) in [5.74, 6) is 0. The van der Waals surface area contributed by atoms with E-state index in [2.05, 4.69) is 146 Å². The molecule has 0 unspecified atom stereocenters. The van der Waals surface area contributed by atoms with Crippen molar-refractivity contribution in [3.05, 3.63) is 155 Å². The van der Waals surface area contributed by atoms with Gasteiger partial charge in [-0.05, 0) is 33.4 Å². The molecule has 0 saturated heterocycles. The van der Waals surface area contributed by atoms with E-state index < -0.39 is 0 Å². The van der Waals surface area contributed by atoms with E-state index in [0.29, 0.717) is 0 Å². The second-order valence-electron chi connectivity index (χ2n) is 7.46. The lowest BCUT2D eigenvalue weighted by Crippen LogP contribution is -1.80. The second-order valence-corrected chi connectivity index (χ2v) is 7.46. The minimum absolute atomic E-state index is 1.20. The van der Waals surface area contributed by atoms with E-state index in [1.54, 1.807) is 0 Å². The Bertz CT molecular complexity index is 1140. The summed E-state index contributed by atoms with van der Waals surface area (Å²) >= 11 is 0. The molecule has 0 spiro atoms. The Morgan fingerprint density at radius 3 is 0.969 bits per heavy atom. The van der Waals surface area contributed by atoms with Crippen LogP contribution in [-0.4, -0.2) is 0 Å². The van der Waals surface area contributed by atoms with Crippen LogP contribution in [0.3, 0.4) is 0 Å². The zero-order valence-electron chi connectivity index (χ0n) is 18.0. The number of benzene rings is 4. The molecule has 4 aromatic rings. The Morgan fingerprint density at radius 2 is 0.594 bits per heavy atom. The van der Waals surface area contributed by atoms with E-state index in [0.717, 1.165) is 0 Å². The van der Waals surface area contributed by atoms with Gasteiger partial charge >= 0.3 is 0 Å². The lowest BCUT2D eigenvalue weighted by molar-refractivity contribution is 1.60. The molecule has 0 aliphatic heterocycles. The number of hydrogen-bond donors (Lipinski definition) is 0. The number of hydrogen-bond acceptors (Lipinski definition) is 0. The highest BCUT2D eigenvalue weighted by Crippen LogP contribution is 2.17. The Morgan fingerprint density at radius 1 is 0.281 bits per heavy atom. The van der Waals surface area contributed by atoms with E-state index in [9.17, 15) is 0 Å². The zero-order valence-corrected chi connectivity index (χ0v) is 18.0. The van der Waals surface area contributed by atoms with Crippen LogP contribution in [0.5, 0.6) is 0 Å². The van der Waals surface area contributed by atoms with Gasteiger partial charge in [0.15, 0.2) is 0 Å². The highest BCUT2D eigenvalue weighted by molar-refractivity contribution is 5.77. The van der Waals surface area contributed by atoms with Crippen LogP contribution in [-0.2, 0) is 0 Å². The van der Waals surface area contributed by atoms with Gasteiger partial charge < -0.3 is 0 Å². The standard InChI is InChI=1S/C32H26/c1-3-13-27(14-4-1)23-25-31-21-11-9-19-29(31)17-7-8-18-30-20-10-12-22-32(30)26-24-28-15-5-2-6-16-28/h1-26H. The van der Waals surface area contributed by atoms with Crippen LogP contribution < -0.4 is 0 Å². The van der Waals surface area contributed by atoms with Gasteiger partial charge in [0.2, 0.25) is 0 Å². The third-order valence-corrected chi connectivity index (χ3v) is 5.16. The molecule has 0 heterocycles. The molecule has 0 N–H and O–H groups in total. The molecule has 154 valence electrons. The highest BCUT2D eigenvalue weighted by Gasteiger charge is 1.96. The van der Waals surface area contributed by atoms with Crippen LogP contribution in [0.4, 0.5) is 0 Å². The SMILES string of the molecule is C(C=Cc1ccccc1C=Cc1ccccc1)=Cc1ccccc1C=Cc1ccccc1. The summed E-state index contributed by atoms with van der Waals surface area (Å²) in [6.07, 6.45) is 17.2. The Labute approximate surface area is 191 Å². The number of rotatable bonds is 7. The Balaban J connectivity index is 1.48. The highest BCUT2D eigenvalue weighted by atomic mass is 14.0. The van der Waals surface area contributed by atoms with Crippen LogP contribution in [0.15, 0.2) is 121 Å². The lowest BCUT2D eigenvalue weighted by atomic mass is 10.0. The summed E-state index contributed by atoms with van der Waals surface area (Å²) in [6, 6.07) is 37.6. The van der Waals surface area contributed by atoms with Gasteiger partial charge in [-0.1, -0.05) is 158 Å². The van der Waals surface area contributed by atoms with E-state index >= 15 is 0 Å². The third kappa shape index (κ3) is 6.17. The number of allylic oxidation sites excluding steroid dienone is 2. The molecule has 0 aliphatic rings. The van der Waals surface area contributed by atoms with Crippen LogP contribution in [0.2, 0.25) is 0 Å². The first-order chi connectivity index (χ1) is 15.9. The zero-order chi connectivity index (χ0) is 21.8. The maximum absolute atomic E-state index is 2.17. The summed E-state index contributed by atoms with van der Waals surface area (Å²) in [4.78, 5) is 0. The van der Waals surface area contributed by atoms with Gasteiger partial charge in [0.05, 0.1) is 0 Å². The van der Waals surface area contributed by atoms with Gasteiger partial charge in [0.1, 0.15) is 0 Å². The summed E-state index contributed by atoms with van der Waals surface area (Å²) in [6.45, 7) is 0. The fourth-order valence-electron chi connectivity index (χ4n) is 3.45. The fraction of sp³-hybridized carbons (Fsp3) is 0. The fourth-order valence-corrected chi connectivity index (χ4v) is 3.45. The van der Waals surface area contributed by atoms with Crippen molar-refractivity contribution < 1.29 is 0 Å². The van der Waals surface area contributed by atoms with Crippen LogP contribution in [0.25, 0.3) is 36.5 Å². The first-order valence-corrected chi connectivity index (χ1v) is 10.9. The minimum Gasteiger partial charge on any atom is -0.0622 e. The van der Waals surface area contributed by atoms with Crippen molar-refractivity contribution in [1.82, 2.24) is 0 Å². The maximum Gasteiger partial charge on any atom is -0.0184 e. The predicted octanol–water partition coefficient (Wildman–Crippen LogP) is 8.75. The monoisotopic (exact) mass is 410 g/mol. The molecule has 0 bridgehead atoms. The average Bonchev–Trinajstić information content (AvgIpc) is 2.86. The molecule has 0 atom stereocenters. The van der Waals surface area contributed by atoms with Gasteiger partial charge in [-0.3, -0.25) is 0 Å². The van der Waals surface area contributed by atoms with Gasteiger partial charge in [-0.25, -0.2) is 0 Å². The minimum atomic E-state index is 1.20. The maximum atomic E-state index is 2.17. The normalized spacial score (nSPS) is 11.9. The first-order valence-electron chi connectivity index (χ1n) is 10.9. The third-order valence-electron chi connectivity index (χ3n) is 5.16. The van der Waals surface area contributed by atoms with Crippen molar-refractivity contribution in [2.45, 2.75) is 0 Å². The van der Waals surface area contributed by atoms with Crippen molar-refractivity contribution >= 4 is 36.5 Å². The van der Waals surface area contributed by atoms with Crippen molar-refractivity contribution in [1.29, 1.82) is 0 Å². The van der Waals surface area contributed by atoms with E-state index in [4.69, 9.17) is 0 Å². The Hall–Kier alpha value is -4.16. The van der Waals surface area contributed by atoms with Gasteiger partial charge in [-0.2, -0.15) is 0 Å². The summed E-state index contributed by atoms with van der Waals surface area (Å²) in [5.41, 5.74) is 7.19. The smallest absolute Gasteiger partial charge is 0.0184 e. The topological polar surface area (TPSA) is 0 Å². The van der Waals surface area contributed by atoms with Crippen LogP contribution >= 0.6 is 0 Å². The van der Waals surface area contributed by atoms with Crippen LogP contribution in [0.1, 0.15) is 33.4 Å². The van der Waals surface area contributed by atoms with Crippen molar-refractivity contribution in [2.75, 3.05) is 0 Å². The predicted molar refractivity (Wildman–Crippen MR) is 142 cm³/mol. The molecule has 0 nitrogen and oxygen atoms in total. The molecule has 32 heavy (non-hydrogen) atoms. The summed E-state index contributed by atoms with van der Waals surface area (Å²) in [7, 11) is 0. The summed E-state index contributed by atoms with van der Waals surface area (Å²) in [5, 5.41) is 0. The largest absolute Gasteiger partial charge is 0.0622 e. The quantitative estimate of drug-likeness (QED) is 0.211. The molecule has 0 aromatic heterocycles. The lowest BCUT2D eigenvalue weighted by Gasteiger charge is -2.01. The van der Waals surface area contributed by atoms with Crippen molar-refractivity contribution in [2.24, 2.45) is 0 Å². The van der Waals surface area contributed by atoms with Crippen LogP contribution in [0, 0.1) is 0 Å². The molecule has 0 saturated carbocycles. The van der Waals surface area contributed by atoms with Gasteiger partial charge in [0.25, 0.3) is 0 Å². The average molecular weight is 411 g/mol. The molecular formula is C32H26. The van der Waals surface area contributed by atoms with Gasteiger partial charge in [0, 0.05) is 0 Å². The van der Waals surface area contributed by atoms with Crippen molar-refractivity contribution in [3.63, 3.8) is 0 Å². The summed E-state index contributed by atoms with van der Waals surface area (Å²) < 4.78 is 0. The second kappa shape index (κ2) is 11.3. The van der Waals surface area contributed by atoms with E-state index in [1.807, 2.05) is 12.1 Å². The molecular weight excluding hydrogens is 384 g/mol. The molecule has 0 radical (unpaired) electrons.